The molecule has 0 atom stereocenters. The van der Waals surface area contributed by atoms with E-state index in [0.29, 0.717) is 19.6 Å². The average molecular weight is 381 g/mol. The van der Waals surface area contributed by atoms with Gasteiger partial charge in [0.05, 0.1) is 26.2 Å². The first-order valence-corrected chi connectivity index (χ1v) is 9.91. The highest BCUT2D eigenvalue weighted by atomic mass is 16.2. The molecule has 3 rings (SSSR count). The van der Waals surface area contributed by atoms with Crippen molar-refractivity contribution in [3.8, 4) is 0 Å². The maximum absolute atomic E-state index is 12.5. The number of anilines is 1. The first kappa shape index (κ1) is 20.1. The lowest BCUT2D eigenvalue weighted by Gasteiger charge is -2.32. The Balaban J connectivity index is 1.47. The zero-order valence-corrected chi connectivity index (χ0v) is 17.0. The van der Waals surface area contributed by atoms with Crippen LogP contribution in [-0.4, -0.2) is 49.4 Å². The molecule has 2 aromatic carbocycles. The van der Waals surface area contributed by atoms with E-state index < -0.39 is 0 Å². The Hall–Kier alpha value is -2.66. The smallest absolute Gasteiger partial charge is 0.279 e. The molecule has 2 aromatic rings. The van der Waals surface area contributed by atoms with E-state index in [4.69, 9.17) is 0 Å². The van der Waals surface area contributed by atoms with Crippen molar-refractivity contribution < 1.29 is 14.5 Å². The monoisotopic (exact) mass is 380 g/mol. The van der Waals surface area contributed by atoms with E-state index in [0.717, 1.165) is 24.3 Å². The molecule has 1 aliphatic heterocycles. The molecule has 2 amide bonds. The molecule has 28 heavy (non-hydrogen) atoms. The molecule has 0 aliphatic carbocycles. The van der Waals surface area contributed by atoms with Crippen LogP contribution in [0.2, 0.25) is 0 Å². The van der Waals surface area contributed by atoms with Gasteiger partial charge in [0.25, 0.3) is 11.8 Å². The number of hydrogen-bond acceptors (Lipinski definition) is 2. The summed E-state index contributed by atoms with van der Waals surface area (Å²) in [5.41, 5.74) is 2.90. The van der Waals surface area contributed by atoms with Gasteiger partial charge in [-0.2, -0.15) is 0 Å². The summed E-state index contributed by atoms with van der Waals surface area (Å²) in [5, 5.41) is 2.99. The molecular formula is C23H30N3O2+. The van der Waals surface area contributed by atoms with Crippen LogP contribution >= 0.6 is 0 Å². The van der Waals surface area contributed by atoms with Gasteiger partial charge in [0.1, 0.15) is 0 Å². The molecule has 1 saturated heterocycles. The topological polar surface area (TPSA) is 53.9 Å². The molecule has 0 radical (unpaired) electrons. The van der Waals surface area contributed by atoms with Gasteiger partial charge in [-0.3, -0.25) is 9.59 Å². The number of quaternary nitrogens is 1. The van der Waals surface area contributed by atoms with E-state index >= 15 is 0 Å². The van der Waals surface area contributed by atoms with Crippen molar-refractivity contribution in [3.63, 3.8) is 0 Å². The number of carbonyl (C=O) groups excluding carboxylic acids is 2. The Labute approximate surface area is 167 Å². The van der Waals surface area contributed by atoms with Gasteiger partial charge < -0.3 is 15.1 Å². The first-order chi connectivity index (χ1) is 13.3. The zero-order valence-electron chi connectivity index (χ0n) is 17.0. The van der Waals surface area contributed by atoms with Crippen molar-refractivity contribution in [1.29, 1.82) is 0 Å². The van der Waals surface area contributed by atoms with Crippen LogP contribution in [0, 0.1) is 0 Å². The predicted molar refractivity (Wildman–Crippen MR) is 112 cm³/mol. The molecule has 0 bridgehead atoms. The maximum Gasteiger partial charge on any atom is 0.279 e. The van der Waals surface area contributed by atoms with Crippen LogP contribution in [0.1, 0.15) is 36.7 Å². The van der Waals surface area contributed by atoms with E-state index in [2.05, 4.69) is 38.2 Å². The average Bonchev–Trinajstić information content (AvgIpc) is 2.68. The third-order valence-electron chi connectivity index (χ3n) is 5.22. The summed E-state index contributed by atoms with van der Waals surface area (Å²) in [6.07, 6.45) is 0. The highest BCUT2D eigenvalue weighted by molar-refractivity contribution is 5.94. The van der Waals surface area contributed by atoms with Crippen molar-refractivity contribution in [2.45, 2.75) is 26.2 Å². The maximum atomic E-state index is 12.5. The Morgan fingerprint density at radius 2 is 1.57 bits per heavy atom. The van der Waals surface area contributed by atoms with Gasteiger partial charge in [-0.25, -0.2) is 0 Å². The summed E-state index contributed by atoms with van der Waals surface area (Å²) < 4.78 is 0. The number of amides is 2. The lowest BCUT2D eigenvalue weighted by atomic mass is 9.87. The highest BCUT2D eigenvalue weighted by Crippen LogP contribution is 2.23. The predicted octanol–water partition coefficient (Wildman–Crippen LogP) is 1.96. The SMILES string of the molecule is CC(C)(C)c1ccc(NC(=O)C[NH+]2CCN(C(=O)c3ccccc3)CC2)cc1. The fourth-order valence-corrected chi connectivity index (χ4v) is 3.45. The van der Waals surface area contributed by atoms with Crippen LogP contribution in [0.5, 0.6) is 0 Å². The lowest BCUT2D eigenvalue weighted by Crippen LogP contribution is -3.15. The third kappa shape index (κ3) is 5.20. The first-order valence-electron chi connectivity index (χ1n) is 9.91. The highest BCUT2D eigenvalue weighted by Gasteiger charge is 2.25. The molecule has 5 heteroatoms. The number of benzene rings is 2. The van der Waals surface area contributed by atoms with Gasteiger partial charge in [-0.15, -0.1) is 0 Å². The summed E-state index contributed by atoms with van der Waals surface area (Å²) in [4.78, 5) is 28.0. The van der Waals surface area contributed by atoms with Gasteiger partial charge >= 0.3 is 0 Å². The van der Waals surface area contributed by atoms with Crippen molar-refractivity contribution in [2.24, 2.45) is 0 Å². The summed E-state index contributed by atoms with van der Waals surface area (Å²) in [6.45, 7) is 9.87. The van der Waals surface area contributed by atoms with Gasteiger partial charge in [-0.1, -0.05) is 51.1 Å². The van der Waals surface area contributed by atoms with E-state index in [1.807, 2.05) is 47.4 Å². The van der Waals surface area contributed by atoms with Crippen molar-refractivity contribution in [2.75, 3.05) is 38.0 Å². The van der Waals surface area contributed by atoms with E-state index in [1.54, 1.807) is 0 Å². The molecule has 0 unspecified atom stereocenters. The molecule has 0 aromatic heterocycles. The minimum absolute atomic E-state index is 0.0151. The number of hydrogen-bond donors (Lipinski definition) is 2. The molecule has 0 saturated carbocycles. The summed E-state index contributed by atoms with van der Waals surface area (Å²) in [5.74, 6) is 0.0874. The van der Waals surface area contributed by atoms with Gasteiger partial charge in [0, 0.05) is 11.3 Å². The molecule has 5 nitrogen and oxygen atoms in total. The molecule has 148 valence electrons. The van der Waals surface area contributed by atoms with Crippen molar-refractivity contribution in [3.05, 3.63) is 65.7 Å². The van der Waals surface area contributed by atoms with Crippen LogP contribution in [0.25, 0.3) is 0 Å². The number of nitrogens with zero attached hydrogens (tertiary/aromatic N) is 1. The Morgan fingerprint density at radius 3 is 2.14 bits per heavy atom. The second-order valence-electron chi connectivity index (χ2n) is 8.46. The molecule has 1 fully saturated rings. The van der Waals surface area contributed by atoms with Gasteiger partial charge in [0.2, 0.25) is 0 Å². The standard InChI is InChI=1S/C23H29N3O2/c1-23(2,3)19-9-11-20(12-10-19)24-21(27)17-25-13-15-26(16-14-25)22(28)18-7-5-4-6-8-18/h4-12H,13-17H2,1-3H3,(H,24,27)/p+1. The fraction of sp³-hybridized carbons (Fsp3) is 0.391. The van der Waals surface area contributed by atoms with E-state index in [9.17, 15) is 9.59 Å². The minimum atomic E-state index is 0.0151. The van der Waals surface area contributed by atoms with Crippen molar-refractivity contribution in [1.82, 2.24) is 4.90 Å². The van der Waals surface area contributed by atoms with Crippen LogP contribution < -0.4 is 10.2 Å². The Morgan fingerprint density at radius 1 is 0.964 bits per heavy atom. The van der Waals surface area contributed by atoms with Crippen LogP contribution in [-0.2, 0) is 10.2 Å². The lowest BCUT2D eigenvalue weighted by molar-refractivity contribution is -0.895. The van der Waals surface area contributed by atoms with Gasteiger partial charge in [0.15, 0.2) is 6.54 Å². The van der Waals surface area contributed by atoms with E-state index in [-0.39, 0.29) is 17.2 Å². The van der Waals surface area contributed by atoms with Crippen LogP contribution in [0.3, 0.4) is 0 Å². The molecular weight excluding hydrogens is 350 g/mol. The van der Waals surface area contributed by atoms with Crippen molar-refractivity contribution >= 4 is 17.5 Å². The molecule has 2 N–H and O–H groups in total. The number of piperazine rings is 1. The van der Waals surface area contributed by atoms with Gasteiger partial charge in [-0.05, 0) is 35.2 Å². The van der Waals surface area contributed by atoms with Crippen LogP contribution in [0.15, 0.2) is 54.6 Å². The summed E-state index contributed by atoms with van der Waals surface area (Å²) in [6, 6.07) is 17.4. The summed E-state index contributed by atoms with van der Waals surface area (Å²) in [7, 11) is 0. The second kappa shape index (κ2) is 8.57. The van der Waals surface area contributed by atoms with Crippen LogP contribution in [0.4, 0.5) is 5.69 Å². The quantitative estimate of drug-likeness (QED) is 0.852. The minimum Gasteiger partial charge on any atom is -0.327 e. The number of nitrogens with one attached hydrogen (secondary N) is 2. The fourth-order valence-electron chi connectivity index (χ4n) is 3.45. The zero-order chi connectivity index (χ0) is 20.1. The Bertz CT molecular complexity index is 802. The molecule has 1 heterocycles. The largest absolute Gasteiger partial charge is 0.327 e. The molecule has 1 aliphatic rings. The number of carbonyl (C=O) groups is 2. The second-order valence-corrected chi connectivity index (χ2v) is 8.46. The molecule has 0 spiro atoms. The normalized spacial score (nSPS) is 15.3. The summed E-state index contributed by atoms with van der Waals surface area (Å²) >= 11 is 0. The van der Waals surface area contributed by atoms with E-state index in [1.165, 1.54) is 10.5 Å². The Kier molecular flexibility index (Phi) is 6.15. The number of rotatable bonds is 4. The third-order valence-corrected chi connectivity index (χ3v) is 5.22.